The van der Waals surface area contributed by atoms with Gasteiger partial charge in [-0.3, -0.25) is 9.69 Å². The van der Waals surface area contributed by atoms with E-state index in [2.05, 4.69) is 4.90 Å². The third-order valence-corrected chi connectivity index (χ3v) is 7.29. The third kappa shape index (κ3) is 3.43. The quantitative estimate of drug-likeness (QED) is 0.629. The van der Waals surface area contributed by atoms with Crippen molar-refractivity contribution in [3.63, 3.8) is 0 Å². The van der Waals surface area contributed by atoms with Gasteiger partial charge in [-0.25, -0.2) is 0 Å². The van der Waals surface area contributed by atoms with Gasteiger partial charge in [0.05, 0.1) is 27.2 Å². The van der Waals surface area contributed by atoms with Crippen molar-refractivity contribution in [2.75, 3.05) is 41.2 Å². The summed E-state index contributed by atoms with van der Waals surface area (Å²) >= 11 is 0. The number of rotatable bonds is 6. The Morgan fingerprint density at radius 2 is 1.56 bits per heavy atom. The van der Waals surface area contributed by atoms with Gasteiger partial charge in [-0.2, -0.15) is 0 Å². The number of likely N-dealkylation sites (tertiary alicyclic amines) is 1. The number of methoxy groups -OCH3 is 3. The Morgan fingerprint density at radius 3 is 2.12 bits per heavy atom. The number of carbonyl (C=O) groups excluding carboxylic acids is 1. The van der Waals surface area contributed by atoms with E-state index in [4.69, 9.17) is 28.4 Å². The number of fused-ring (bicyclic) bond motifs is 2. The highest BCUT2D eigenvalue weighted by molar-refractivity contribution is 5.82. The number of Topliss-reactive ketones (excluding diaryl/α,β-unsaturated/α-hetero) is 1. The van der Waals surface area contributed by atoms with E-state index in [1.54, 1.807) is 28.3 Å². The van der Waals surface area contributed by atoms with Crippen LogP contribution in [0.15, 0.2) is 24.3 Å². The fourth-order valence-electron chi connectivity index (χ4n) is 5.73. The van der Waals surface area contributed by atoms with Crippen molar-refractivity contribution in [3.8, 4) is 34.5 Å². The van der Waals surface area contributed by atoms with Crippen molar-refractivity contribution in [1.29, 1.82) is 0 Å². The van der Waals surface area contributed by atoms with Crippen LogP contribution in [-0.2, 0) is 4.79 Å². The molecule has 0 radical (unpaired) electrons. The number of hydrogen-bond donors (Lipinski definition) is 0. The lowest BCUT2D eigenvalue weighted by Crippen LogP contribution is -2.60. The highest BCUT2D eigenvalue weighted by atomic mass is 16.7. The first-order chi connectivity index (χ1) is 16.4. The Hall–Kier alpha value is -3.13. The summed E-state index contributed by atoms with van der Waals surface area (Å²) in [7, 11) is 4.76. The van der Waals surface area contributed by atoms with E-state index in [1.807, 2.05) is 31.2 Å². The average molecular weight is 470 g/mol. The fourth-order valence-corrected chi connectivity index (χ4v) is 5.73. The van der Waals surface area contributed by atoms with Gasteiger partial charge in [0.15, 0.2) is 28.7 Å². The number of nitrogens with zero attached hydrogens (tertiary/aromatic N) is 1. The Kier molecular flexibility index (Phi) is 5.72. The van der Waals surface area contributed by atoms with Crippen molar-refractivity contribution >= 4 is 5.78 Å². The summed E-state index contributed by atoms with van der Waals surface area (Å²) < 4.78 is 34.8. The Bertz CT molecular complexity index is 1090. The maximum Gasteiger partial charge on any atom is 0.231 e. The van der Waals surface area contributed by atoms with E-state index < -0.39 is 11.6 Å². The van der Waals surface area contributed by atoms with Gasteiger partial charge in [-0.1, -0.05) is 0 Å². The lowest BCUT2D eigenvalue weighted by atomic mass is 9.71. The summed E-state index contributed by atoms with van der Waals surface area (Å²) in [6.07, 6.45) is 2.15. The lowest BCUT2D eigenvalue weighted by Gasteiger charge is -2.50. The highest BCUT2D eigenvalue weighted by Crippen LogP contribution is 2.55. The number of hydrogen-bond acceptors (Lipinski definition) is 8. The molecular weight excluding hydrogens is 438 g/mol. The smallest absolute Gasteiger partial charge is 0.231 e. The molecule has 1 fully saturated rings. The number of benzene rings is 2. The predicted molar refractivity (Wildman–Crippen MR) is 125 cm³/mol. The largest absolute Gasteiger partial charge is 0.493 e. The first-order valence-electron chi connectivity index (χ1n) is 11.6. The average Bonchev–Trinajstić information content (AvgIpc) is 3.53. The summed E-state index contributed by atoms with van der Waals surface area (Å²) in [5.41, 5.74) is 0.924. The molecule has 34 heavy (non-hydrogen) atoms. The Balaban J connectivity index is 1.76. The van der Waals surface area contributed by atoms with Gasteiger partial charge in [0.2, 0.25) is 12.5 Å². The molecule has 0 N–H and O–H groups in total. The van der Waals surface area contributed by atoms with Gasteiger partial charge in [-0.05, 0) is 50.5 Å². The molecule has 2 aromatic rings. The molecule has 8 heteroatoms. The number of ketones is 1. The van der Waals surface area contributed by atoms with Crippen molar-refractivity contribution < 1.29 is 33.2 Å². The van der Waals surface area contributed by atoms with Gasteiger partial charge in [0.25, 0.3) is 0 Å². The summed E-state index contributed by atoms with van der Waals surface area (Å²) in [6, 6.07) is 7.66. The van der Waals surface area contributed by atoms with Crippen LogP contribution in [0, 0.1) is 5.92 Å². The van der Waals surface area contributed by atoms with Crippen LogP contribution in [0.1, 0.15) is 43.7 Å². The van der Waals surface area contributed by atoms with Crippen LogP contribution in [0.25, 0.3) is 0 Å². The fraction of sp³-hybridized carbons (Fsp3) is 0.500. The summed E-state index contributed by atoms with van der Waals surface area (Å²) in [6.45, 7) is 5.59. The number of carbonyl (C=O) groups is 1. The van der Waals surface area contributed by atoms with Crippen LogP contribution in [0.2, 0.25) is 0 Å². The second-order valence-electron chi connectivity index (χ2n) is 9.12. The van der Waals surface area contributed by atoms with E-state index in [0.717, 1.165) is 37.1 Å². The molecular formula is C26H31NO7. The SMILES string of the molecule is COc1cc(C2c3cc4c(cc3OC(C)(N3CCCC3)C2C(C)=O)OCO4)cc(OC)c1OC. The minimum absolute atomic E-state index is 0.0523. The molecule has 182 valence electrons. The van der Waals surface area contributed by atoms with Gasteiger partial charge in [0.1, 0.15) is 11.5 Å². The van der Waals surface area contributed by atoms with Crippen molar-refractivity contribution in [2.24, 2.45) is 5.92 Å². The minimum Gasteiger partial charge on any atom is -0.493 e. The molecule has 0 amide bonds. The molecule has 0 saturated carbocycles. The maximum atomic E-state index is 13.4. The summed E-state index contributed by atoms with van der Waals surface area (Å²) in [4.78, 5) is 15.7. The molecule has 0 bridgehead atoms. The van der Waals surface area contributed by atoms with Crippen LogP contribution in [0.4, 0.5) is 0 Å². The first kappa shape index (κ1) is 22.7. The van der Waals surface area contributed by atoms with E-state index in [1.165, 1.54) is 0 Å². The maximum absolute atomic E-state index is 13.4. The Morgan fingerprint density at radius 1 is 0.941 bits per heavy atom. The molecule has 3 atom stereocenters. The molecule has 5 rings (SSSR count). The predicted octanol–water partition coefficient (Wildman–Crippen LogP) is 3.98. The number of ether oxygens (including phenoxy) is 6. The van der Waals surface area contributed by atoms with Gasteiger partial charge < -0.3 is 28.4 Å². The normalized spacial score (nSPS) is 25.4. The van der Waals surface area contributed by atoms with Gasteiger partial charge in [-0.15, -0.1) is 0 Å². The van der Waals surface area contributed by atoms with E-state index in [0.29, 0.717) is 34.5 Å². The zero-order valence-corrected chi connectivity index (χ0v) is 20.3. The molecule has 2 aromatic carbocycles. The van der Waals surface area contributed by atoms with Crippen LogP contribution in [-0.4, -0.2) is 57.6 Å². The Labute approximate surface area is 199 Å². The van der Waals surface area contributed by atoms with Crippen molar-refractivity contribution in [3.05, 3.63) is 35.4 Å². The molecule has 1 saturated heterocycles. The second-order valence-corrected chi connectivity index (χ2v) is 9.12. The molecule has 3 aliphatic rings. The monoisotopic (exact) mass is 469 g/mol. The summed E-state index contributed by atoms with van der Waals surface area (Å²) in [5, 5.41) is 0. The van der Waals surface area contributed by atoms with Crippen LogP contribution < -0.4 is 28.4 Å². The molecule has 3 aliphatic heterocycles. The minimum atomic E-state index is -0.825. The van der Waals surface area contributed by atoms with Gasteiger partial charge >= 0.3 is 0 Å². The standard InChI is InChI=1S/C26H31NO7/c1-15(28)24-23(16-10-21(29-3)25(31-5)22(11-16)30-4)17-12-19-20(33-14-32-19)13-18(17)34-26(24,2)27-8-6-7-9-27/h10-13,23-24H,6-9,14H2,1-5H3. The summed E-state index contributed by atoms with van der Waals surface area (Å²) in [5.74, 6) is 2.82. The van der Waals surface area contributed by atoms with Crippen molar-refractivity contribution in [2.45, 2.75) is 38.3 Å². The first-order valence-corrected chi connectivity index (χ1v) is 11.6. The molecule has 0 aromatic heterocycles. The third-order valence-electron chi connectivity index (χ3n) is 7.29. The lowest BCUT2D eigenvalue weighted by molar-refractivity contribution is -0.150. The van der Waals surface area contributed by atoms with Crippen LogP contribution in [0.5, 0.6) is 34.5 Å². The molecule has 0 spiro atoms. The van der Waals surface area contributed by atoms with E-state index >= 15 is 0 Å². The van der Waals surface area contributed by atoms with Crippen LogP contribution in [0.3, 0.4) is 0 Å². The zero-order chi connectivity index (χ0) is 24.0. The van der Waals surface area contributed by atoms with E-state index in [-0.39, 0.29) is 18.5 Å². The topological polar surface area (TPSA) is 75.7 Å². The molecule has 0 aliphatic carbocycles. The molecule has 8 nitrogen and oxygen atoms in total. The highest BCUT2D eigenvalue weighted by Gasteiger charge is 2.54. The van der Waals surface area contributed by atoms with Gasteiger partial charge in [0, 0.05) is 30.6 Å². The molecule has 3 heterocycles. The zero-order valence-electron chi connectivity index (χ0n) is 20.3. The second kappa shape index (κ2) is 8.58. The van der Waals surface area contributed by atoms with E-state index in [9.17, 15) is 4.79 Å². The van der Waals surface area contributed by atoms with Crippen molar-refractivity contribution in [1.82, 2.24) is 4.90 Å². The van der Waals surface area contributed by atoms with Crippen LogP contribution >= 0.6 is 0 Å². The molecule has 3 unspecified atom stereocenters.